The molecule has 0 aliphatic carbocycles. The van der Waals surface area contributed by atoms with Crippen molar-refractivity contribution < 1.29 is 39.7 Å². The summed E-state index contributed by atoms with van der Waals surface area (Å²) in [6.07, 6.45) is -4.67. The van der Waals surface area contributed by atoms with E-state index in [1.54, 1.807) is 0 Å². The Balaban J connectivity index is 1.61. The average Bonchev–Trinajstić information content (AvgIpc) is 3.32. The zero-order valence-corrected chi connectivity index (χ0v) is 14.6. The van der Waals surface area contributed by atoms with Crippen LogP contribution in [0.3, 0.4) is 0 Å². The predicted molar refractivity (Wildman–Crippen MR) is 89.4 cm³/mol. The van der Waals surface area contributed by atoms with E-state index in [1.165, 1.54) is 17.2 Å². The lowest BCUT2D eigenvalue weighted by Crippen LogP contribution is -2.53. The van der Waals surface area contributed by atoms with Crippen molar-refractivity contribution in [1.29, 1.82) is 0 Å². The lowest BCUT2D eigenvalue weighted by atomic mass is 10.1. The SMILES string of the molecule is Nc1ncnc2c1ncn2[C@@H]1O[C@H](CO)C(O[C@@]2(O)CO[C@H](CO)[C@H]2O)C1O. The van der Waals surface area contributed by atoms with E-state index < -0.39 is 62.4 Å². The van der Waals surface area contributed by atoms with Gasteiger partial charge in [0.2, 0.25) is 5.79 Å². The van der Waals surface area contributed by atoms with Gasteiger partial charge in [0.25, 0.3) is 0 Å². The molecule has 2 aliphatic rings. The standard InChI is InChI=1S/C15H21N5O8/c16-12-8-13(18-4-17-12)20(5-19-8)14-9(23)10(6(1-21)27-14)28-15(25)3-26-7(2-22)11(15)24/h4-7,9-11,14,21-25H,1-3H2,(H2,16,17,18)/t6-,7-,9?,10?,11-,14-,15+/m1/s1. The Morgan fingerprint density at radius 1 is 1.21 bits per heavy atom. The zero-order valence-electron chi connectivity index (χ0n) is 14.6. The van der Waals surface area contributed by atoms with Crippen LogP contribution in [-0.2, 0) is 14.2 Å². The Morgan fingerprint density at radius 3 is 2.64 bits per heavy atom. The van der Waals surface area contributed by atoms with Crippen molar-refractivity contribution in [2.24, 2.45) is 0 Å². The molecule has 2 aromatic rings. The number of hydrogen-bond donors (Lipinski definition) is 6. The number of imidazole rings is 1. The Hall–Kier alpha value is -1.97. The van der Waals surface area contributed by atoms with Crippen LogP contribution in [0.1, 0.15) is 6.23 Å². The summed E-state index contributed by atoms with van der Waals surface area (Å²) in [7, 11) is 0. The second kappa shape index (κ2) is 7.13. The average molecular weight is 399 g/mol. The van der Waals surface area contributed by atoms with Crippen LogP contribution >= 0.6 is 0 Å². The maximum absolute atomic E-state index is 10.8. The molecule has 2 saturated heterocycles. The zero-order chi connectivity index (χ0) is 20.1. The minimum atomic E-state index is -2.19. The predicted octanol–water partition coefficient (Wildman–Crippen LogP) is -3.52. The van der Waals surface area contributed by atoms with E-state index in [-0.39, 0.29) is 5.82 Å². The van der Waals surface area contributed by atoms with Gasteiger partial charge in [-0.1, -0.05) is 0 Å². The summed E-state index contributed by atoms with van der Waals surface area (Å²) in [6.45, 7) is -1.48. The van der Waals surface area contributed by atoms with Crippen LogP contribution in [0.2, 0.25) is 0 Å². The number of nitrogen functional groups attached to an aromatic ring is 1. The molecule has 0 bridgehead atoms. The van der Waals surface area contributed by atoms with Gasteiger partial charge >= 0.3 is 0 Å². The van der Waals surface area contributed by atoms with Crippen LogP contribution < -0.4 is 5.73 Å². The molecule has 2 fully saturated rings. The largest absolute Gasteiger partial charge is 0.394 e. The smallest absolute Gasteiger partial charge is 0.219 e. The third-order valence-corrected chi connectivity index (χ3v) is 4.99. The number of anilines is 1. The fraction of sp³-hybridized carbons (Fsp3) is 0.667. The third-order valence-electron chi connectivity index (χ3n) is 4.99. The van der Waals surface area contributed by atoms with Crippen molar-refractivity contribution in [3.05, 3.63) is 12.7 Å². The van der Waals surface area contributed by atoms with Crippen LogP contribution in [0.4, 0.5) is 5.82 Å². The highest BCUT2D eigenvalue weighted by molar-refractivity contribution is 5.81. The molecule has 7 N–H and O–H groups in total. The monoisotopic (exact) mass is 399 g/mol. The molecular formula is C15H21N5O8. The number of rotatable bonds is 5. The third kappa shape index (κ3) is 2.92. The van der Waals surface area contributed by atoms with Crippen molar-refractivity contribution >= 4 is 17.0 Å². The molecule has 7 atom stereocenters. The molecule has 4 rings (SSSR count). The lowest BCUT2D eigenvalue weighted by Gasteiger charge is -2.32. The van der Waals surface area contributed by atoms with Gasteiger partial charge in [-0.25, -0.2) is 15.0 Å². The van der Waals surface area contributed by atoms with E-state index in [2.05, 4.69) is 15.0 Å². The number of ether oxygens (including phenoxy) is 3. The summed E-state index contributed by atoms with van der Waals surface area (Å²) >= 11 is 0. The Bertz CT molecular complexity index is 851. The van der Waals surface area contributed by atoms with Crippen LogP contribution in [0, 0.1) is 0 Å². The first-order chi connectivity index (χ1) is 13.4. The number of fused-ring (bicyclic) bond motifs is 1. The van der Waals surface area contributed by atoms with Crippen molar-refractivity contribution in [3.8, 4) is 0 Å². The van der Waals surface area contributed by atoms with Crippen LogP contribution in [0.5, 0.6) is 0 Å². The molecule has 154 valence electrons. The van der Waals surface area contributed by atoms with Crippen molar-refractivity contribution in [1.82, 2.24) is 19.5 Å². The first kappa shape index (κ1) is 19.4. The van der Waals surface area contributed by atoms with E-state index >= 15 is 0 Å². The summed E-state index contributed by atoms with van der Waals surface area (Å²) in [5.41, 5.74) is 6.38. The molecule has 0 spiro atoms. The topological polar surface area (TPSA) is 198 Å². The van der Waals surface area contributed by atoms with Gasteiger partial charge in [-0.05, 0) is 0 Å². The summed E-state index contributed by atoms with van der Waals surface area (Å²) in [5, 5.41) is 50.3. The Kier molecular flexibility index (Phi) is 4.93. The van der Waals surface area contributed by atoms with E-state index in [0.717, 1.165) is 0 Å². The van der Waals surface area contributed by atoms with Crippen LogP contribution in [-0.4, -0.2) is 101 Å². The maximum atomic E-state index is 10.8. The van der Waals surface area contributed by atoms with Gasteiger partial charge < -0.3 is 45.5 Å². The number of nitrogens with two attached hydrogens (primary N) is 1. The molecule has 13 nitrogen and oxygen atoms in total. The van der Waals surface area contributed by atoms with Gasteiger partial charge in [-0.15, -0.1) is 0 Å². The number of hydrogen-bond acceptors (Lipinski definition) is 12. The second-order valence-corrected chi connectivity index (χ2v) is 6.73. The van der Waals surface area contributed by atoms with Gasteiger partial charge in [0.15, 0.2) is 17.7 Å². The van der Waals surface area contributed by atoms with Gasteiger partial charge in [0, 0.05) is 0 Å². The lowest BCUT2D eigenvalue weighted by molar-refractivity contribution is -0.277. The van der Waals surface area contributed by atoms with E-state index in [9.17, 15) is 25.5 Å². The van der Waals surface area contributed by atoms with E-state index in [1.807, 2.05) is 0 Å². The molecule has 13 heteroatoms. The first-order valence-corrected chi connectivity index (χ1v) is 8.57. The first-order valence-electron chi connectivity index (χ1n) is 8.57. The highest BCUT2D eigenvalue weighted by Crippen LogP contribution is 2.37. The van der Waals surface area contributed by atoms with Crippen molar-refractivity contribution in [2.75, 3.05) is 25.6 Å². The number of aliphatic hydroxyl groups excluding tert-OH is 4. The molecular weight excluding hydrogens is 378 g/mol. The fourth-order valence-corrected chi connectivity index (χ4v) is 3.48. The Labute approximate surface area is 157 Å². The molecule has 2 aliphatic heterocycles. The molecule has 0 aromatic carbocycles. The molecule has 28 heavy (non-hydrogen) atoms. The molecule has 0 radical (unpaired) electrons. The summed E-state index contributed by atoms with van der Waals surface area (Å²) in [5.74, 6) is -2.03. The van der Waals surface area contributed by atoms with Crippen LogP contribution in [0.25, 0.3) is 11.2 Å². The number of aromatic nitrogens is 4. The van der Waals surface area contributed by atoms with Gasteiger partial charge in [0.1, 0.15) is 49.0 Å². The molecule has 2 aromatic heterocycles. The molecule has 0 saturated carbocycles. The fourth-order valence-electron chi connectivity index (χ4n) is 3.48. The maximum Gasteiger partial charge on any atom is 0.219 e. The number of aliphatic hydroxyl groups is 5. The minimum absolute atomic E-state index is 0.151. The van der Waals surface area contributed by atoms with E-state index in [0.29, 0.717) is 11.2 Å². The van der Waals surface area contributed by atoms with E-state index in [4.69, 9.17) is 19.9 Å². The normalized spacial score (nSPS) is 38.5. The quantitative estimate of drug-likeness (QED) is 0.271. The van der Waals surface area contributed by atoms with Crippen molar-refractivity contribution in [2.45, 2.75) is 42.5 Å². The van der Waals surface area contributed by atoms with Gasteiger partial charge in [0.05, 0.1) is 19.5 Å². The second-order valence-electron chi connectivity index (χ2n) is 6.73. The molecule has 4 heterocycles. The minimum Gasteiger partial charge on any atom is -0.394 e. The number of nitrogens with zero attached hydrogens (tertiary/aromatic N) is 4. The van der Waals surface area contributed by atoms with Crippen LogP contribution in [0.15, 0.2) is 12.7 Å². The summed E-state index contributed by atoms with van der Waals surface area (Å²) in [6, 6.07) is 0. The van der Waals surface area contributed by atoms with Gasteiger partial charge in [-0.2, -0.15) is 0 Å². The summed E-state index contributed by atoms with van der Waals surface area (Å²) < 4.78 is 17.7. The van der Waals surface area contributed by atoms with Crippen molar-refractivity contribution in [3.63, 3.8) is 0 Å². The molecule has 2 unspecified atom stereocenters. The Morgan fingerprint density at radius 2 is 1.96 bits per heavy atom. The van der Waals surface area contributed by atoms with Gasteiger partial charge in [-0.3, -0.25) is 4.57 Å². The highest BCUT2D eigenvalue weighted by Gasteiger charge is 2.55. The summed E-state index contributed by atoms with van der Waals surface area (Å²) in [4.78, 5) is 12.0. The molecule has 0 amide bonds. The highest BCUT2D eigenvalue weighted by atomic mass is 16.7.